The Balaban J connectivity index is 2.36. The molecule has 0 aliphatic carbocycles. The molecule has 0 aromatic carbocycles. The van der Waals surface area contributed by atoms with E-state index in [-0.39, 0.29) is 0 Å². The van der Waals surface area contributed by atoms with Gasteiger partial charge in [0.05, 0.1) is 0 Å². The number of aliphatic hydroxyl groups excluding tert-OH is 1. The number of piperidine rings is 1. The molecule has 76 valence electrons. The number of likely N-dealkylation sites (tertiary alicyclic amines) is 1. The number of aliphatic hydroxyl groups is 1. The van der Waals surface area contributed by atoms with Crippen LogP contribution in [0.3, 0.4) is 0 Å². The lowest BCUT2D eigenvalue weighted by atomic mass is 10.00. The Kier molecular flexibility index (Phi) is 5.44. The van der Waals surface area contributed by atoms with Gasteiger partial charge in [0, 0.05) is 24.7 Å². The smallest absolute Gasteiger partial charge is 0.0445 e. The molecular formula is C10H18ClNO. The van der Waals surface area contributed by atoms with E-state index < -0.39 is 0 Å². The van der Waals surface area contributed by atoms with Gasteiger partial charge in [0.15, 0.2) is 0 Å². The van der Waals surface area contributed by atoms with Crippen LogP contribution in [-0.2, 0) is 0 Å². The van der Waals surface area contributed by atoms with E-state index in [2.05, 4.69) is 4.90 Å². The van der Waals surface area contributed by atoms with E-state index in [0.29, 0.717) is 12.6 Å². The summed E-state index contributed by atoms with van der Waals surface area (Å²) >= 11 is 5.49. The molecule has 0 aromatic rings. The van der Waals surface area contributed by atoms with Crippen LogP contribution in [-0.4, -0.2) is 35.7 Å². The topological polar surface area (TPSA) is 23.5 Å². The molecule has 0 saturated carbocycles. The van der Waals surface area contributed by atoms with Gasteiger partial charge in [-0.3, -0.25) is 4.90 Å². The van der Waals surface area contributed by atoms with Crippen molar-refractivity contribution in [2.75, 3.05) is 19.7 Å². The molecule has 1 atom stereocenters. The summed E-state index contributed by atoms with van der Waals surface area (Å²) in [5.41, 5.74) is 1.57. The Hall–Kier alpha value is -0.0500. The maximum Gasteiger partial charge on any atom is 0.0445 e. The van der Waals surface area contributed by atoms with Crippen LogP contribution in [0.2, 0.25) is 0 Å². The van der Waals surface area contributed by atoms with Crippen molar-refractivity contribution in [3.8, 4) is 0 Å². The zero-order valence-corrected chi connectivity index (χ0v) is 8.71. The van der Waals surface area contributed by atoms with Gasteiger partial charge in [-0.1, -0.05) is 24.1 Å². The average Bonchev–Trinajstić information content (AvgIpc) is 2.17. The Morgan fingerprint density at radius 2 is 2.31 bits per heavy atom. The summed E-state index contributed by atoms with van der Waals surface area (Å²) in [7, 11) is 0. The van der Waals surface area contributed by atoms with E-state index in [4.69, 9.17) is 16.7 Å². The molecule has 1 rings (SSSR count). The molecule has 1 N–H and O–H groups in total. The Morgan fingerprint density at radius 1 is 1.46 bits per heavy atom. The average molecular weight is 204 g/mol. The fourth-order valence-electron chi connectivity index (χ4n) is 1.95. The third kappa shape index (κ3) is 3.67. The molecule has 0 amide bonds. The molecule has 1 aliphatic heterocycles. The van der Waals surface area contributed by atoms with Crippen molar-refractivity contribution < 1.29 is 5.11 Å². The second-order valence-corrected chi connectivity index (χ2v) is 3.77. The molecule has 1 unspecified atom stereocenters. The zero-order valence-electron chi connectivity index (χ0n) is 7.95. The number of rotatable bonds is 4. The highest BCUT2D eigenvalue weighted by atomic mass is 35.5. The molecule has 1 aliphatic rings. The van der Waals surface area contributed by atoms with Crippen molar-refractivity contribution in [2.24, 2.45) is 0 Å². The molecule has 0 radical (unpaired) electrons. The minimum absolute atomic E-state index is 0.297. The molecular weight excluding hydrogens is 186 g/mol. The van der Waals surface area contributed by atoms with Crippen LogP contribution in [0.25, 0.3) is 0 Å². The van der Waals surface area contributed by atoms with Crippen molar-refractivity contribution in [3.63, 3.8) is 0 Å². The Bertz CT molecular complexity index is 159. The quantitative estimate of drug-likeness (QED) is 0.756. The molecule has 0 spiro atoms. The molecule has 1 heterocycles. The first-order chi connectivity index (χ1) is 6.38. The van der Waals surface area contributed by atoms with E-state index in [1.54, 1.807) is 5.54 Å². The summed E-state index contributed by atoms with van der Waals surface area (Å²) in [6, 6.07) is 0.562. The van der Waals surface area contributed by atoms with Crippen molar-refractivity contribution in [1.29, 1.82) is 0 Å². The largest absolute Gasteiger partial charge is 0.396 e. The zero-order chi connectivity index (χ0) is 9.52. The van der Waals surface area contributed by atoms with E-state index in [1.807, 2.05) is 6.08 Å². The van der Waals surface area contributed by atoms with Crippen LogP contribution in [0, 0.1) is 0 Å². The van der Waals surface area contributed by atoms with Gasteiger partial charge < -0.3 is 5.11 Å². The second-order valence-electron chi connectivity index (χ2n) is 3.52. The highest BCUT2D eigenvalue weighted by molar-refractivity contribution is 6.25. The van der Waals surface area contributed by atoms with Gasteiger partial charge in [-0.2, -0.15) is 0 Å². The number of halogens is 1. The van der Waals surface area contributed by atoms with Gasteiger partial charge in [-0.15, -0.1) is 0 Å². The normalized spacial score (nSPS) is 25.5. The molecule has 13 heavy (non-hydrogen) atoms. The van der Waals surface area contributed by atoms with Crippen molar-refractivity contribution >= 4 is 11.6 Å². The number of nitrogens with zero attached hydrogens (tertiary/aromatic N) is 1. The fourth-order valence-corrected chi connectivity index (χ4v) is 2.03. The van der Waals surface area contributed by atoms with E-state index in [0.717, 1.165) is 19.5 Å². The van der Waals surface area contributed by atoms with Gasteiger partial charge in [0.1, 0.15) is 0 Å². The molecule has 1 fully saturated rings. The first kappa shape index (κ1) is 11.0. The molecule has 2 nitrogen and oxygen atoms in total. The lowest BCUT2D eigenvalue weighted by Gasteiger charge is -2.34. The van der Waals surface area contributed by atoms with Crippen molar-refractivity contribution in [3.05, 3.63) is 11.6 Å². The lowest BCUT2D eigenvalue weighted by Crippen LogP contribution is -2.40. The van der Waals surface area contributed by atoms with Gasteiger partial charge in [-0.25, -0.2) is 0 Å². The van der Waals surface area contributed by atoms with E-state index in [1.165, 1.54) is 19.3 Å². The SMILES string of the molecule is OCCC1CCCCN1CC=CCl. The van der Waals surface area contributed by atoms with Crippen molar-refractivity contribution in [1.82, 2.24) is 4.90 Å². The van der Waals surface area contributed by atoms with Crippen molar-refractivity contribution in [2.45, 2.75) is 31.7 Å². The highest BCUT2D eigenvalue weighted by Crippen LogP contribution is 2.18. The van der Waals surface area contributed by atoms with Gasteiger partial charge in [0.2, 0.25) is 0 Å². The minimum Gasteiger partial charge on any atom is -0.396 e. The molecule has 0 aromatic heterocycles. The summed E-state index contributed by atoms with van der Waals surface area (Å²) in [5.74, 6) is 0. The summed E-state index contributed by atoms with van der Waals surface area (Å²) in [6.45, 7) is 2.37. The highest BCUT2D eigenvalue weighted by Gasteiger charge is 2.20. The van der Waals surface area contributed by atoms with Gasteiger partial charge in [-0.05, 0) is 25.8 Å². The van der Waals surface area contributed by atoms with Crippen LogP contribution in [0.15, 0.2) is 11.6 Å². The van der Waals surface area contributed by atoms with Crippen LogP contribution in [0.4, 0.5) is 0 Å². The van der Waals surface area contributed by atoms with Crippen LogP contribution < -0.4 is 0 Å². The minimum atomic E-state index is 0.297. The first-order valence-corrected chi connectivity index (χ1v) is 5.42. The van der Waals surface area contributed by atoms with E-state index in [9.17, 15) is 0 Å². The number of hydrogen-bond acceptors (Lipinski definition) is 2. The van der Waals surface area contributed by atoms with Gasteiger partial charge >= 0.3 is 0 Å². The third-order valence-electron chi connectivity index (χ3n) is 2.64. The van der Waals surface area contributed by atoms with Gasteiger partial charge in [0.25, 0.3) is 0 Å². The van der Waals surface area contributed by atoms with Crippen LogP contribution in [0.5, 0.6) is 0 Å². The monoisotopic (exact) mass is 203 g/mol. The summed E-state index contributed by atoms with van der Waals surface area (Å²) in [4.78, 5) is 2.40. The third-order valence-corrected chi connectivity index (χ3v) is 2.82. The van der Waals surface area contributed by atoms with E-state index >= 15 is 0 Å². The predicted molar refractivity (Wildman–Crippen MR) is 55.9 cm³/mol. The van der Waals surface area contributed by atoms with Crippen LogP contribution >= 0.6 is 11.6 Å². The predicted octanol–water partition coefficient (Wildman–Crippen LogP) is 1.98. The molecule has 3 heteroatoms. The maximum absolute atomic E-state index is 8.89. The molecule has 0 bridgehead atoms. The second kappa shape index (κ2) is 6.41. The molecule has 1 saturated heterocycles. The number of hydrogen-bond donors (Lipinski definition) is 1. The summed E-state index contributed by atoms with van der Waals surface area (Å²) < 4.78 is 0. The fraction of sp³-hybridized carbons (Fsp3) is 0.800. The Labute approximate surface area is 85.2 Å². The standard InChI is InChI=1S/C10H18ClNO/c11-6-3-8-12-7-2-1-4-10(12)5-9-13/h3,6,10,13H,1-2,4-5,7-9H2. The summed E-state index contributed by atoms with van der Waals surface area (Å²) in [5, 5.41) is 8.89. The summed E-state index contributed by atoms with van der Waals surface area (Å²) in [6.07, 6.45) is 6.66. The first-order valence-electron chi connectivity index (χ1n) is 4.98. The maximum atomic E-state index is 8.89. The Morgan fingerprint density at radius 3 is 3.00 bits per heavy atom. The lowest BCUT2D eigenvalue weighted by molar-refractivity contribution is 0.132. The van der Waals surface area contributed by atoms with Crippen LogP contribution in [0.1, 0.15) is 25.7 Å².